The van der Waals surface area contributed by atoms with E-state index in [2.05, 4.69) is 22.3 Å². The molecule has 0 saturated heterocycles. The molecule has 0 atom stereocenters. The lowest BCUT2D eigenvalue weighted by Gasteiger charge is -2.12. The van der Waals surface area contributed by atoms with Crippen molar-refractivity contribution in [1.29, 1.82) is 0 Å². The van der Waals surface area contributed by atoms with Crippen molar-refractivity contribution in [1.82, 2.24) is 5.32 Å². The quantitative estimate of drug-likeness (QED) is 0.720. The Balaban J connectivity index is 2.32. The number of carbonyl (C=O) groups excluding carboxylic acids is 1. The fourth-order valence-electron chi connectivity index (χ4n) is 1.63. The zero-order valence-corrected chi connectivity index (χ0v) is 11.3. The van der Waals surface area contributed by atoms with E-state index in [0.717, 1.165) is 24.1 Å². The molecule has 0 aromatic heterocycles. The molecular formula is C14H23N3O. The molecule has 100 valence electrons. The van der Waals surface area contributed by atoms with Gasteiger partial charge in [-0.2, -0.15) is 0 Å². The number of hydrogen-bond donors (Lipinski definition) is 2. The van der Waals surface area contributed by atoms with Crippen LogP contribution in [0.3, 0.4) is 0 Å². The number of amides is 1. The summed E-state index contributed by atoms with van der Waals surface area (Å²) in [4.78, 5) is 13.6. The number of rotatable bonds is 7. The molecule has 1 amide bonds. The molecule has 0 radical (unpaired) electrons. The van der Waals surface area contributed by atoms with Crippen LogP contribution in [0.2, 0.25) is 0 Å². The van der Waals surface area contributed by atoms with E-state index < -0.39 is 0 Å². The summed E-state index contributed by atoms with van der Waals surface area (Å²) in [6.45, 7) is 1.24. The van der Waals surface area contributed by atoms with Gasteiger partial charge in [0.2, 0.25) is 5.91 Å². The van der Waals surface area contributed by atoms with Gasteiger partial charge < -0.3 is 16.0 Å². The number of unbranched alkanes of at least 4 members (excludes halogenated alkanes) is 1. The second kappa shape index (κ2) is 7.71. The van der Waals surface area contributed by atoms with Gasteiger partial charge >= 0.3 is 0 Å². The van der Waals surface area contributed by atoms with Gasteiger partial charge in [-0.05, 0) is 37.1 Å². The minimum absolute atomic E-state index is 0.0973. The zero-order valence-electron chi connectivity index (χ0n) is 11.3. The molecule has 0 saturated carbocycles. The average molecular weight is 249 g/mol. The second-order valence-electron chi connectivity index (χ2n) is 4.58. The minimum atomic E-state index is 0.0973. The molecule has 0 fully saturated rings. The molecule has 4 nitrogen and oxygen atoms in total. The molecule has 0 spiro atoms. The van der Waals surface area contributed by atoms with Crippen LogP contribution in [0.15, 0.2) is 24.3 Å². The predicted octanol–water partition coefficient (Wildman–Crippen LogP) is 1.50. The molecule has 0 aliphatic carbocycles. The number of nitrogens with two attached hydrogens (primary N) is 1. The van der Waals surface area contributed by atoms with E-state index in [1.54, 1.807) is 0 Å². The summed E-state index contributed by atoms with van der Waals surface area (Å²) < 4.78 is 0. The Labute approximate surface area is 109 Å². The molecule has 1 rings (SSSR count). The van der Waals surface area contributed by atoms with Crippen molar-refractivity contribution in [3.63, 3.8) is 0 Å². The van der Waals surface area contributed by atoms with Gasteiger partial charge in [0.1, 0.15) is 0 Å². The molecule has 0 heterocycles. The average Bonchev–Trinajstić information content (AvgIpc) is 2.37. The summed E-state index contributed by atoms with van der Waals surface area (Å²) >= 11 is 0. The first-order chi connectivity index (χ1) is 8.63. The van der Waals surface area contributed by atoms with Crippen molar-refractivity contribution in [3.05, 3.63) is 29.8 Å². The van der Waals surface area contributed by atoms with Crippen LogP contribution in [0.1, 0.15) is 24.8 Å². The highest BCUT2D eigenvalue weighted by molar-refractivity contribution is 5.75. The largest absolute Gasteiger partial charge is 0.378 e. The second-order valence-corrected chi connectivity index (χ2v) is 4.58. The van der Waals surface area contributed by atoms with Crippen LogP contribution in [0, 0.1) is 0 Å². The van der Waals surface area contributed by atoms with Crippen LogP contribution in [0.4, 0.5) is 5.69 Å². The van der Waals surface area contributed by atoms with Gasteiger partial charge in [-0.3, -0.25) is 4.79 Å². The van der Waals surface area contributed by atoms with Crippen LogP contribution in [0.25, 0.3) is 0 Å². The normalized spacial score (nSPS) is 10.2. The van der Waals surface area contributed by atoms with Crippen LogP contribution < -0.4 is 16.0 Å². The van der Waals surface area contributed by atoms with Gasteiger partial charge in [0.05, 0.1) is 0 Å². The first-order valence-electron chi connectivity index (χ1n) is 6.36. The van der Waals surface area contributed by atoms with E-state index in [1.807, 2.05) is 26.2 Å². The number of hydrogen-bond acceptors (Lipinski definition) is 3. The molecule has 0 aliphatic rings. The fourth-order valence-corrected chi connectivity index (χ4v) is 1.63. The lowest BCUT2D eigenvalue weighted by molar-refractivity contribution is -0.121. The highest BCUT2D eigenvalue weighted by Crippen LogP contribution is 2.11. The molecular weight excluding hydrogens is 226 g/mol. The van der Waals surface area contributed by atoms with Crippen molar-refractivity contribution in [2.45, 2.75) is 25.8 Å². The predicted molar refractivity (Wildman–Crippen MR) is 75.5 cm³/mol. The van der Waals surface area contributed by atoms with Crippen molar-refractivity contribution >= 4 is 11.6 Å². The highest BCUT2D eigenvalue weighted by atomic mass is 16.1. The molecule has 0 unspecified atom stereocenters. The third-order valence-electron chi connectivity index (χ3n) is 2.80. The Kier molecular flexibility index (Phi) is 6.22. The van der Waals surface area contributed by atoms with Gasteiger partial charge in [0.15, 0.2) is 0 Å². The molecule has 0 aliphatic heterocycles. The molecule has 4 heteroatoms. The highest BCUT2D eigenvalue weighted by Gasteiger charge is 2.01. The summed E-state index contributed by atoms with van der Waals surface area (Å²) in [5.41, 5.74) is 7.66. The van der Waals surface area contributed by atoms with Gasteiger partial charge in [-0.1, -0.05) is 12.1 Å². The smallest absolute Gasteiger partial charge is 0.220 e. The maximum atomic E-state index is 11.5. The zero-order chi connectivity index (χ0) is 13.4. The van der Waals surface area contributed by atoms with Gasteiger partial charge in [-0.15, -0.1) is 0 Å². The first kappa shape index (κ1) is 14.5. The number of anilines is 1. The standard InChI is InChI=1S/C14H23N3O/c1-17(2)13-8-6-12(7-9-13)11-16-14(18)5-3-4-10-15/h6-9H,3-5,10-11,15H2,1-2H3,(H,16,18). The maximum Gasteiger partial charge on any atom is 0.220 e. The number of benzene rings is 1. The summed E-state index contributed by atoms with van der Waals surface area (Å²) in [7, 11) is 4.02. The van der Waals surface area contributed by atoms with Crippen LogP contribution in [-0.2, 0) is 11.3 Å². The fraction of sp³-hybridized carbons (Fsp3) is 0.500. The van der Waals surface area contributed by atoms with Crippen LogP contribution >= 0.6 is 0 Å². The van der Waals surface area contributed by atoms with E-state index in [1.165, 1.54) is 0 Å². The maximum absolute atomic E-state index is 11.5. The van der Waals surface area contributed by atoms with Crippen molar-refractivity contribution in [2.75, 3.05) is 25.5 Å². The Hall–Kier alpha value is -1.55. The topological polar surface area (TPSA) is 58.4 Å². The third kappa shape index (κ3) is 5.19. The Morgan fingerprint density at radius 1 is 1.22 bits per heavy atom. The van der Waals surface area contributed by atoms with E-state index >= 15 is 0 Å². The SMILES string of the molecule is CN(C)c1ccc(CNC(=O)CCCCN)cc1. The minimum Gasteiger partial charge on any atom is -0.378 e. The monoisotopic (exact) mass is 249 g/mol. The lowest BCUT2D eigenvalue weighted by Crippen LogP contribution is -2.22. The van der Waals surface area contributed by atoms with Crippen molar-refractivity contribution < 1.29 is 4.79 Å². The van der Waals surface area contributed by atoms with Gasteiger partial charge in [-0.25, -0.2) is 0 Å². The Bertz CT molecular complexity index is 360. The summed E-state index contributed by atoms with van der Waals surface area (Å²) in [6.07, 6.45) is 2.33. The summed E-state index contributed by atoms with van der Waals surface area (Å²) in [5, 5.41) is 2.91. The molecule has 1 aromatic rings. The van der Waals surface area contributed by atoms with Crippen molar-refractivity contribution in [3.8, 4) is 0 Å². The summed E-state index contributed by atoms with van der Waals surface area (Å²) in [6, 6.07) is 8.18. The van der Waals surface area contributed by atoms with Gasteiger partial charge in [0, 0.05) is 32.7 Å². The van der Waals surface area contributed by atoms with Crippen LogP contribution in [-0.4, -0.2) is 26.5 Å². The molecule has 0 bridgehead atoms. The Morgan fingerprint density at radius 2 is 1.89 bits per heavy atom. The van der Waals surface area contributed by atoms with Gasteiger partial charge in [0.25, 0.3) is 0 Å². The van der Waals surface area contributed by atoms with Crippen LogP contribution in [0.5, 0.6) is 0 Å². The first-order valence-corrected chi connectivity index (χ1v) is 6.36. The van der Waals surface area contributed by atoms with E-state index in [0.29, 0.717) is 19.5 Å². The Morgan fingerprint density at radius 3 is 2.44 bits per heavy atom. The number of carbonyl (C=O) groups is 1. The number of nitrogens with one attached hydrogen (secondary N) is 1. The molecule has 1 aromatic carbocycles. The van der Waals surface area contributed by atoms with E-state index in [-0.39, 0.29) is 5.91 Å². The third-order valence-corrected chi connectivity index (χ3v) is 2.80. The molecule has 18 heavy (non-hydrogen) atoms. The molecule has 3 N–H and O–H groups in total. The lowest BCUT2D eigenvalue weighted by atomic mass is 10.2. The number of nitrogens with zero attached hydrogens (tertiary/aromatic N) is 1. The summed E-state index contributed by atoms with van der Waals surface area (Å²) in [5.74, 6) is 0.0973. The van der Waals surface area contributed by atoms with Crippen molar-refractivity contribution in [2.24, 2.45) is 5.73 Å². The van der Waals surface area contributed by atoms with E-state index in [9.17, 15) is 4.79 Å². The van der Waals surface area contributed by atoms with E-state index in [4.69, 9.17) is 5.73 Å².